The second-order valence-electron chi connectivity index (χ2n) is 3.70. The van der Waals surface area contributed by atoms with Gasteiger partial charge in [-0.05, 0) is 40.8 Å². The lowest BCUT2D eigenvalue weighted by atomic mass is 10.1. The average Bonchev–Trinajstić information content (AvgIpc) is 2.30. The number of phenols is 1. The predicted octanol–water partition coefficient (Wildman–Crippen LogP) is 0.0552. The number of rotatable bonds is 5. The molecule has 0 radical (unpaired) electrons. The molecule has 102 valence electrons. The highest BCUT2D eigenvalue weighted by Gasteiger charge is 2.23. The van der Waals surface area contributed by atoms with Gasteiger partial charge in [-0.25, -0.2) is 4.79 Å². The second-order valence-corrected chi connectivity index (χ2v) is 4.94. The number of benzene rings is 1. The summed E-state index contributed by atoms with van der Waals surface area (Å²) in [6, 6.07) is 2.88. The van der Waals surface area contributed by atoms with Crippen LogP contribution in [-0.4, -0.2) is 34.0 Å². The van der Waals surface area contributed by atoms with Crippen molar-refractivity contribution in [3.05, 3.63) is 27.3 Å². The zero-order valence-electron chi connectivity index (χ0n) is 9.59. The third kappa shape index (κ3) is 4.39. The molecule has 5 N–H and O–H groups in total. The minimum atomic E-state index is -1.43. The summed E-state index contributed by atoms with van der Waals surface area (Å²) in [4.78, 5) is 33.4. The lowest BCUT2D eigenvalue weighted by Crippen LogP contribution is -2.43. The van der Waals surface area contributed by atoms with Crippen LogP contribution in [-0.2, 0) is 9.59 Å². The second kappa shape index (κ2) is 6.36. The standard InChI is InChI=1S/C11H11IN2O5/c12-5-1-2-8(15)6(3-5)10(17)14-7(11(18)19)4-9(13)16/h1-3,7,15H,4H2,(H2,13,16)(H,14,17)(H,18,19)/t7-/m1/s1. The molecule has 1 aromatic rings. The van der Waals surface area contributed by atoms with Crippen LogP contribution >= 0.6 is 22.6 Å². The highest BCUT2D eigenvalue weighted by atomic mass is 127. The number of hydrogen-bond acceptors (Lipinski definition) is 4. The Morgan fingerprint density at radius 1 is 1.37 bits per heavy atom. The summed E-state index contributed by atoms with van der Waals surface area (Å²) in [6.45, 7) is 0. The van der Waals surface area contributed by atoms with E-state index in [2.05, 4.69) is 5.32 Å². The smallest absolute Gasteiger partial charge is 0.326 e. The van der Waals surface area contributed by atoms with Crippen LogP contribution in [0.15, 0.2) is 18.2 Å². The Morgan fingerprint density at radius 2 is 2.00 bits per heavy atom. The number of nitrogens with one attached hydrogen (secondary N) is 1. The molecule has 0 spiro atoms. The van der Waals surface area contributed by atoms with Crippen LogP contribution < -0.4 is 11.1 Å². The van der Waals surface area contributed by atoms with Crippen LogP contribution in [0.25, 0.3) is 0 Å². The molecule has 0 bridgehead atoms. The fourth-order valence-corrected chi connectivity index (χ4v) is 1.82. The molecule has 0 unspecified atom stereocenters. The zero-order chi connectivity index (χ0) is 14.6. The Kier molecular flexibility index (Phi) is 5.10. The molecule has 0 aliphatic heterocycles. The van der Waals surface area contributed by atoms with Gasteiger partial charge < -0.3 is 21.3 Å². The number of phenolic OH excluding ortho intramolecular Hbond substituents is 1. The molecule has 0 aromatic heterocycles. The summed E-state index contributed by atoms with van der Waals surface area (Å²) < 4.78 is 0.697. The van der Waals surface area contributed by atoms with E-state index in [0.29, 0.717) is 3.57 Å². The number of amides is 2. The van der Waals surface area contributed by atoms with Crippen molar-refractivity contribution < 1.29 is 24.6 Å². The number of aliphatic carboxylic acids is 1. The summed E-state index contributed by atoms with van der Waals surface area (Å²) in [5.41, 5.74) is 4.83. The predicted molar refractivity (Wildman–Crippen MR) is 73.5 cm³/mol. The molecule has 8 heteroatoms. The van der Waals surface area contributed by atoms with Gasteiger partial charge in [-0.2, -0.15) is 0 Å². The highest BCUT2D eigenvalue weighted by molar-refractivity contribution is 14.1. The topological polar surface area (TPSA) is 130 Å². The summed E-state index contributed by atoms with van der Waals surface area (Å²) in [5.74, 6) is -3.29. The first-order valence-electron chi connectivity index (χ1n) is 5.11. The maximum absolute atomic E-state index is 11.8. The number of carboxylic acid groups (broad SMARTS) is 1. The monoisotopic (exact) mass is 378 g/mol. The maximum Gasteiger partial charge on any atom is 0.326 e. The van der Waals surface area contributed by atoms with Gasteiger partial charge >= 0.3 is 5.97 Å². The first-order chi connectivity index (χ1) is 8.81. The largest absolute Gasteiger partial charge is 0.507 e. The van der Waals surface area contributed by atoms with Crippen LogP contribution in [0.4, 0.5) is 0 Å². The molecule has 19 heavy (non-hydrogen) atoms. The summed E-state index contributed by atoms with van der Waals surface area (Å²) >= 11 is 1.94. The SMILES string of the molecule is NC(=O)C[C@@H](NC(=O)c1cc(I)ccc1O)C(=O)O. The third-order valence-electron chi connectivity index (χ3n) is 2.21. The number of nitrogens with two attached hydrogens (primary N) is 1. The normalized spacial score (nSPS) is 11.6. The average molecular weight is 378 g/mol. The van der Waals surface area contributed by atoms with Crippen molar-refractivity contribution in [3.63, 3.8) is 0 Å². The van der Waals surface area contributed by atoms with Gasteiger partial charge in [-0.3, -0.25) is 9.59 Å². The van der Waals surface area contributed by atoms with Crippen molar-refractivity contribution in [1.29, 1.82) is 0 Å². The van der Waals surface area contributed by atoms with E-state index in [1.807, 2.05) is 22.6 Å². The maximum atomic E-state index is 11.8. The third-order valence-corrected chi connectivity index (χ3v) is 2.88. The van der Waals surface area contributed by atoms with Crippen molar-refractivity contribution >= 4 is 40.4 Å². The fraction of sp³-hybridized carbons (Fsp3) is 0.182. The molecule has 0 saturated heterocycles. The van der Waals surface area contributed by atoms with Crippen molar-refractivity contribution in [2.75, 3.05) is 0 Å². The van der Waals surface area contributed by atoms with Gasteiger partial charge in [0.15, 0.2) is 0 Å². The quantitative estimate of drug-likeness (QED) is 0.539. The Labute approximate surface area is 121 Å². The van der Waals surface area contributed by atoms with Gasteiger partial charge in [-0.15, -0.1) is 0 Å². The molecule has 0 aliphatic carbocycles. The van der Waals surface area contributed by atoms with E-state index in [1.165, 1.54) is 12.1 Å². The summed E-state index contributed by atoms with van der Waals surface area (Å²) in [7, 11) is 0. The number of carbonyl (C=O) groups is 3. The van der Waals surface area contributed by atoms with Crippen molar-refractivity contribution in [3.8, 4) is 5.75 Å². The molecular formula is C11H11IN2O5. The lowest BCUT2D eigenvalue weighted by molar-refractivity contribution is -0.140. The highest BCUT2D eigenvalue weighted by Crippen LogP contribution is 2.19. The number of hydrogen-bond donors (Lipinski definition) is 4. The van der Waals surface area contributed by atoms with Crippen LogP contribution in [0.2, 0.25) is 0 Å². The summed E-state index contributed by atoms with van der Waals surface area (Å²) in [5, 5.41) is 20.5. The van der Waals surface area contributed by atoms with Crippen LogP contribution in [0.5, 0.6) is 5.75 Å². The van der Waals surface area contributed by atoms with Crippen molar-refractivity contribution in [2.24, 2.45) is 5.73 Å². The van der Waals surface area contributed by atoms with E-state index in [4.69, 9.17) is 10.8 Å². The Balaban J connectivity index is 2.90. The van der Waals surface area contributed by atoms with Gasteiger partial charge in [0.2, 0.25) is 5.91 Å². The minimum absolute atomic E-state index is 0.0670. The first-order valence-corrected chi connectivity index (χ1v) is 6.19. The van der Waals surface area contributed by atoms with E-state index in [1.54, 1.807) is 6.07 Å². The first kappa shape index (κ1) is 15.2. The number of primary amides is 1. The van der Waals surface area contributed by atoms with Crippen LogP contribution in [0.1, 0.15) is 16.8 Å². The molecule has 0 heterocycles. The van der Waals surface area contributed by atoms with E-state index in [-0.39, 0.29) is 11.3 Å². The molecule has 1 aromatic carbocycles. The van der Waals surface area contributed by atoms with Gasteiger partial charge in [-0.1, -0.05) is 0 Å². The number of aromatic hydroxyl groups is 1. The lowest BCUT2D eigenvalue weighted by Gasteiger charge is -2.13. The zero-order valence-corrected chi connectivity index (χ0v) is 11.7. The number of halogens is 1. The Bertz CT molecular complexity index is 532. The molecule has 7 nitrogen and oxygen atoms in total. The molecule has 1 rings (SSSR count). The minimum Gasteiger partial charge on any atom is -0.507 e. The summed E-state index contributed by atoms with van der Waals surface area (Å²) in [6.07, 6.45) is -0.522. The van der Waals surface area contributed by atoms with E-state index in [0.717, 1.165) is 0 Å². The van der Waals surface area contributed by atoms with E-state index < -0.39 is 30.2 Å². The Hall–Kier alpha value is -1.84. The fourth-order valence-electron chi connectivity index (χ4n) is 1.33. The number of carbonyl (C=O) groups excluding carboxylic acids is 2. The van der Waals surface area contributed by atoms with Gasteiger partial charge in [0, 0.05) is 3.57 Å². The molecule has 0 saturated carbocycles. The Morgan fingerprint density at radius 3 is 2.53 bits per heavy atom. The molecule has 0 aliphatic rings. The van der Waals surface area contributed by atoms with Gasteiger partial charge in [0.1, 0.15) is 11.8 Å². The molecule has 0 fully saturated rings. The number of carboxylic acids is 1. The molecular weight excluding hydrogens is 367 g/mol. The van der Waals surface area contributed by atoms with E-state index in [9.17, 15) is 19.5 Å². The molecule has 2 amide bonds. The van der Waals surface area contributed by atoms with Crippen LogP contribution in [0, 0.1) is 3.57 Å². The van der Waals surface area contributed by atoms with Crippen molar-refractivity contribution in [1.82, 2.24) is 5.32 Å². The van der Waals surface area contributed by atoms with Gasteiger partial charge in [0.25, 0.3) is 5.91 Å². The van der Waals surface area contributed by atoms with E-state index >= 15 is 0 Å². The molecule has 1 atom stereocenters. The van der Waals surface area contributed by atoms with Gasteiger partial charge in [0.05, 0.1) is 12.0 Å². The van der Waals surface area contributed by atoms with Crippen molar-refractivity contribution in [2.45, 2.75) is 12.5 Å². The van der Waals surface area contributed by atoms with Crippen LogP contribution in [0.3, 0.4) is 0 Å².